The van der Waals surface area contributed by atoms with Crippen molar-refractivity contribution in [3.8, 4) is 0 Å². The highest BCUT2D eigenvalue weighted by atomic mass is 35.5. The Balaban J connectivity index is 1.53. The first kappa shape index (κ1) is 18.3. The van der Waals surface area contributed by atoms with Gasteiger partial charge in [0, 0.05) is 43.7 Å². The number of halogens is 4. The van der Waals surface area contributed by atoms with Crippen LogP contribution in [0.25, 0.3) is 0 Å². The molecule has 0 radical (unpaired) electrons. The molecule has 2 heterocycles. The van der Waals surface area contributed by atoms with Crippen LogP contribution < -0.4 is 0 Å². The summed E-state index contributed by atoms with van der Waals surface area (Å²) in [7, 11) is 0. The number of carbonyl (C=O) groups is 1. The molecule has 2 aliphatic heterocycles. The molecule has 0 bridgehead atoms. The van der Waals surface area contributed by atoms with Crippen molar-refractivity contribution >= 4 is 17.7 Å². The average molecular weight is 377 g/mol. The maximum Gasteiger partial charge on any atom is 0.410 e. The highest BCUT2D eigenvalue weighted by Gasteiger charge is 2.53. The highest BCUT2D eigenvalue weighted by molar-refractivity contribution is 6.30. The van der Waals surface area contributed by atoms with E-state index >= 15 is 0 Å². The summed E-state index contributed by atoms with van der Waals surface area (Å²) in [6.07, 6.45) is -0.338. The molecular weight excluding hydrogens is 357 g/mol. The molecule has 0 atom stereocenters. The number of hydrogen-bond donors (Lipinski definition) is 0. The molecule has 1 amide bonds. The highest BCUT2D eigenvalue weighted by Crippen LogP contribution is 2.41. The standard InChI is InChI=1S/C17H20ClF3N2O2/c1-16(2,3)25-15(24)23-8-17(9-23)6-22(7-17)5-10-4-11(18)13(20)14(21)12(10)19/h4H,5-9H2,1-3H3. The van der Waals surface area contributed by atoms with Crippen LogP contribution in [0.4, 0.5) is 18.0 Å². The second-order valence-electron chi connectivity index (χ2n) is 7.94. The predicted molar refractivity (Wildman–Crippen MR) is 86.8 cm³/mol. The summed E-state index contributed by atoms with van der Waals surface area (Å²) in [5, 5.41) is -0.427. The number of amides is 1. The smallest absolute Gasteiger partial charge is 0.410 e. The summed E-state index contributed by atoms with van der Waals surface area (Å²) in [6, 6.07) is 1.12. The number of carbonyl (C=O) groups excluding carboxylic acids is 1. The fourth-order valence-electron chi connectivity index (χ4n) is 3.41. The van der Waals surface area contributed by atoms with Crippen LogP contribution in [0, 0.1) is 22.9 Å². The molecule has 0 aromatic heterocycles. The number of likely N-dealkylation sites (tertiary alicyclic amines) is 2. The summed E-state index contributed by atoms with van der Waals surface area (Å²) in [6.45, 7) is 8.06. The van der Waals surface area contributed by atoms with Crippen molar-refractivity contribution in [2.24, 2.45) is 5.41 Å². The van der Waals surface area contributed by atoms with Gasteiger partial charge < -0.3 is 9.64 Å². The predicted octanol–water partition coefficient (Wildman–Crippen LogP) is 3.81. The van der Waals surface area contributed by atoms with E-state index in [2.05, 4.69) is 0 Å². The molecule has 0 unspecified atom stereocenters. The van der Waals surface area contributed by atoms with Gasteiger partial charge in [-0.25, -0.2) is 18.0 Å². The van der Waals surface area contributed by atoms with E-state index in [4.69, 9.17) is 16.3 Å². The second kappa shape index (κ2) is 6.06. The lowest BCUT2D eigenvalue weighted by Crippen LogP contribution is -2.72. The molecule has 0 N–H and O–H groups in total. The Morgan fingerprint density at radius 3 is 2.32 bits per heavy atom. The van der Waals surface area contributed by atoms with Crippen LogP contribution in [0.1, 0.15) is 26.3 Å². The van der Waals surface area contributed by atoms with Crippen LogP contribution in [0.15, 0.2) is 6.07 Å². The molecular formula is C17H20ClF3N2O2. The fraction of sp³-hybridized carbons (Fsp3) is 0.588. The molecule has 4 nitrogen and oxygen atoms in total. The minimum atomic E-state index is -1.54. The zero-order valence-electron chi connectivity index (χ0n) is 14.3. The summed E-state index contributed by atoms with van der Waals surface area (Å²) in [4.78, 5) is 15.5. The van der Waals surface area contributed by atoms with E-state index in [1.165, 1.54) is 0 Å². The number of ether oxygens (including phenoxy) is 1. The lowest BCUT2D eigenvalue weighted by atomic mass is 9.73. The van der Waals surface area contributed by atoms with E-state index in [9.17, 15) is 18.0 Å². The molecule has 1 aromatic rings. The molecule has 2 aliphatic rings. The van der Waals surface area contributed by atoms with Crippen LogP contribution >= 0.6 is 11.6 Å². The van der Waals surface area contributed by atoms with Crippen LogP contribution in [-0.4, -0.2) is 47.7 Å². The third kappa shape index (κ3) is 3.58. The van der Waals surface area contributed by atoms with E-state index in [-0.39, 0.29) is 23.6 Å². The monoisotopic (exact) mass is 376 g/mol. The van der Waals surface area contributed by atoms with E-state index in [0.717, 1.165) is 6.07 Å². The first-order valence-electron chi connectivity index (χ1n) is 8.02. The minimum Gasteiger partial charge on any atom is -0.444 e. The molecule has 2 fully saturated rings. The van der Waals surface area contributed by atoms with Crippen LogP contribution in [0.5, 0.6) is 0 Å². The zero-order valence-corrected chi connectivity index (χ0v) is 15.1. The van der Waals surface area contributed by atoms with Gasteiger partial charge in [0.15, 0.2) is 17.5 Å². The van der Waals surface area contributed by atoms with Crippen molar-refractivity contribution < 1.29 is 22.7 Å². The SMILES string of the molecule is CC(C)(C)OC(=O)N1CC2(CN(Cc3cc(Cl)c(F)c(F)c3F)C2)C1. The maximum absolute atomic E-state index is 13.8. The zero-order chi connectivity index (χ0) is 18.6. The first-order chi connectivity index (χ1) is 11.5. The molecule has 3 rings (SSSR count). The van der Waals surface area contributed by atoms with E-state index in [1.54, 1.807) is 4.90 Å². The second-order valence-corrected chi connectivity index (χ2v) is 8.35. The van der Waals surface area contributed by atoms with Crippen molar-refractivity contribution in [3.05, 3.63) is 34.1 Å². The molecule has 1 aromatic carbocycles. The van der Waals surface area contributed by atoms with Gasteiger partial charge >= 0.3 is 6.09 Å². The van der Waals surface area contributed by atoms with Gasteiger partial charge in [-0.05, 0) is 26.8 Å². The Kier molecular flexibility index (Phi) is 4.44. The molecule has 8 heteroatoms. The Morgan fingerprint density at radius 2 is 1.76 bits per heavy atom. The minimum absolute atomic E-state index is 0.0181. The third-order valence-electron chi connectivity index (χ3n) is 4.39. The summed E-state index contributed by atoms with van der Waals surface area (Å²) in [5.74, 6) is -4.11. The molecule has 138 valence electrons. The lowest BCUT2D eigenvalue weighted by Gasteiger charge is -2.60. The van der Waals surface area contributed by atoms with Crippen LogP contribution in [-0.2, 0) is 11.3 Å². The van der Waals surface area contributed by atoms with Crippen molar-refractivity contribution in [2.75, 3.05) is 26.2 Å². The molecule has 25 heavy (non-hydrogen) atoms. The van der Waals surface area contributed by atoms with Gasteiger partial charge in [-0.2, -0.15) is 0 Å². The van der Waals surface area contributed by atoms with E-state index in [0.29, 0.717) is 26.2 Å². The summed E-state index contributed by atoms with van der Waals surface area (Å²) >= 11 is 5.58. The number of hydrogen-bond acceptors (Lipinski definition) is 3. The molecule has 0 aliphatic carbocycles. The van der Waals surface area contributed by atoms with Crippen molar-refractivity contribution in [2.45, 2.75) is 32.9 Å². The first-order valence-corrected chi connectivity index (χ1v) is 8.40. The molecule has 0 saturated carbocycles. The van der Waals surface area contributed by atoms with Gasteiger partial charge in [-0.15, -0.1) is 0 Å². The Hall–Kier alpha value is -1.47. The van der Waals surface area contributed by atoms with Gasteiger partial charge in [-0.3, -0.25) is 4.90 Å². The third-order valence-corrected chi connectivity index (χ3v) is 4.67. The van der Waals surface area contributed by atoms with Gasteiger partial charge in [0.05, 0.1) is 5.02 Å². The van der Waals surface area contributed by atoms with E-state index in [1.807, 2.05) is 25.7 Å². The van der Waals surface area contributed by atoms with Gasteiger partial charge in [0.2, 0.25) is 0 Å². The fourth-order valence-corrected chi connectivity index (χ4v) is 3.63. The summed E-state index contributed by atoms with van der Waals surface area (Å²) < 4.78 is 45.8. The molecule has 1 spiro atoms. The van der Waals surface area contributed by atoms with Crippen molar-refractivity contribution in [1.82, 2.24) is 9.80 Å². The number of benzene rings is 1. The van der Waals surface area contributed by atoms with Crippen molar-refractivity contribution in [1.29, 1.82) is 0 Å². The summed E-state index contributed by atoms with van der Waals surface area (Å²) in [5.41, 5.74) is -0.521. The topological polar surface area (TPSA) is 32.8 Å². The number of rotatable bonds is 2. The Morgan fingerprint density at radius 1 is 1.16 bits per heavy atom. The normalized spacial score (nSPS) is 19.6. The van der Waals surface area contributed by atoms with Crippen LogP contribution in [0.3, 0.4) is 0 Å². The van der Waals surface area contributed by atoms with Gasteiger partial charge in [0.25, 0.3) is 0 Å². The largest absolute Gasteiger partial charge is 0.444 e. The average Bonchev–Trinajstić information content (AvgIpc) is 2.40. The quantitative estimate of drug-likeness (QED) is 0.581. The Labute approximate surface area is 149 Å². The number of nitrogens with zero attached hydrogens (tertiary/aromatic N) is 2. The van der Waals surface area contributed by atoms with Gasteiger partial charge in [-0.1, -0.05) is 11.6 Å². The van der Waals surface area contributed by atoms with Gasteiger partial charge in [0.1, 0.15) is 5.60 Å². The Bertz CT molecular complexity index is 707. The molecule has 2 saturated heterocycles. The lowest BCUT2D eigenvalue weighted by molar-refractivity contribution is -0.115. The van der Waals surface area contributed by atoms with Crippen molar-refractivity contribution in [3.63, 3.8) is 0 Å². The van der Waals surface area contributed by atoms with E-state index < -0.39 is 28.1 Å². The van der Waals surface area contributed by atoms with Crippen LogP contribution in [0.2, 0.25) is 5.02 Å². The maximum atomic E-state index is 13.8.